The number of amides is 4. The van der Waals surface area contributed by atoms with Crippen molar-refractivity contribution in [3.63, 3.8) is 0 Å². The number of carbonyl (C=O) groups excluding carboxylic acids is 3. The number of urea groups is 1. The number of rotatable bonds is 5. The summed E-state index contributed by atoms with van der Waals surface area (Å²) in [7, 11) is 0. The predicted molar refractivity (Wildman–Crippen MR) is 117 cm³/mol. The van der Waals surface area contributed by atoms with Crippen LogP contribution in [0, 0.1) is 0 Å². The van der Waals surface area contributed by atoms with Gasteiger partial charge < -0.3 is 20.4 Å². The van der Waals surface area contributed by atoms with Gasteiger partial charge in [0, 0.05) is 49.0 Å². The van der Waals surface area contributed by atoms with Crippen molar-refractivity contribution in [2.75, 3.05) is 31.5 Å². The predicted octanol–water partition coefficient (Wildman–Crippen LogP) is 3.20. The second-order valence-corrected chi connectivity index (χ2v) is 7.44. The highest BCUT2D eigenvalue weighted by atomic mass is 16.2. The number of hydrogen-bond acceptors (Lipinski definition) is 3. The van der Waals surface area contributed by atoms with Gasteiger partial charge in [0.05, 0.1) is 0 Å². The summed E-state index contributed by atoms with van der Waals surface area (Å²) >= 11 is 0. The summed E-state index contributed by atoms with van der Waals surface area (Å²) in [6.07, 6.45) is 0.865. The van der Waals surface area contributed by atoms with Crippen molar-refractivity contribution in [3.05, 3.63) is 65.7 Å². The Bertz CT molecular complexity index is 875. The molecular formula is C23H28N4O3. The highest BCUT2D eigenvalue weighted by Gasteiger charge is 2.24. The molecule has 1 fully saturated rings. The number of benzene rings is 2. The molecule has 0 aliphatic carbocycles. The van der Waals surface area contributed by atoms with Gasteiger partial charge in [-0.1, -0.05) is 25.1 Å². The van der Waals surface area contributed by atoms with Gasteiger partial charge in [0.2, 0.25) is 0 Å². The summed E-state index contributed by atoms with van der Waals surface area (Å²) in [5.74, 6) is -0.136. The normalized spacial score (nSPS) is 14.7. The Hall–Kier alpha value is -3.35. The number of hydrogen-bond donors (Lipinski definition) is 2. The van der Waals surface area contributed by atoms with E-state index in [1.54, 1.807) is 46.2 Å². The highest BCUT2D eigenvalue weighted by molar-refractivity contribution is 5.96. The van der Waals surface area contributed by atoms with Crippen LogP contribution in [0.1, 0.15) is 41.0 Å². The Morgan fingerprint density at radius 1 is 0.867 bits per heavy atom. The van der Waals surface area contributed by atoms with Gasteiger partial charge in [-0.25, -0.2) is 4.79 Å². The first-order chi connectivity index (χ1) is 14.5. The molecule has 0 aromatic heterocycles. The van der Waals surface area contributed by atoms with Gasteiger partial charge in [0.25, 0.3) is 11.8 Å². The van der Waals surface area contributed by atoms with E-state index in [-0.39, 0.29) is 23.9 Å². The molecule has 0 radical (unpaired) electrons. The van der Waals surface area contributed by atoms with Gasteiger partial charge in [-0.15, -0.1) is 0 Å². The third-order valence-corrected chi connectivity index (χ3v) is 5.26. The van der Waals surface area contributed by atoms with E-state index in [0.29, 0.717) is 43.0 Å². The highest BCUT2D eigenvalue weighted by Crippen LogP contribution is 2.13. The second-order valence-electron chi connectivity index (χ2n) is 7.44. The molecule has 1 aliphatic rings. The fourth-order valence-corrected chi connectivity index (χ4v) is 3.19. The number of nitrogens with zero attached hydrogens (tertiary/aromatic N) is 2. The molecule has 7 heteroatoms. The van der Waals surface area contributed by atoms with E-state index in [4.69, 9.17) is 0 Å². The van der Waals surface area contributed by atoms with Crippen LogP contribution in [-0.2, 0) is 0 Å². The lowest BCUT2D eigenvalue weighted by Crippen LogP contribution is -2.51. The lowest BCUT2D eigenvalue weighted by Gasteiger charge is -2.34. The van der Waals surface area contributed by atoms with E-state index in [0.717, 1.165) is 6.42 Å². The second kappa shape index (κ2) is 9.91. The third kappa shape index (κ3) is 5.37. The zero-order chi connectivity index (χ0) is 21.5. The lowest BCUT2D eigenvalue weighted by molar-refractivity contribution is 0.0671. The van der Waals surface area contributed by atoms with Crippen molar-refractivity contribution in [3.8, 4) is 0 Å². The molecule has 2 aromatic rings. The lowest BCUT2D eigenvalue weighted by atomic mass is 10.1. The van der Waals surface area contributed by atoms with Crippen molar-refractivity contribution < 1.29 is 14.4 Å². The minimum Gasteiger partial charge on any atom is -0.350 e. The van der Waals surface area contributed by atoms with Crippen LogP contribution in [0.3, 0.4) is 0 Å². The molecule has 0 spiro atoms. The molecule has 3 rings (SSSR count). The maximum Gasteiger partial charge on any atom is 0.321 e. The Kier molecular flexibility index (Phi) is 7.06. The van der Waals surface area contributed by atoms with Crippen LogP contribution in [0.5, 0.6) is 0 Å². The molecule has 0 saturated carbocycles. The average molecular weight is 409 g/mol. The minimum absolute atomic E-state index is 0.0121. The van der Waals surface area contributed by atoms with Crippen molar-refractivity contribution in [2.45, 2.75) is 26.3 Å². The molecule has 4 amide bonds. The van der Waals surface area contributed by atoms with E-state index < -0.39 is 0 Å². The van der Waals surface area contributed by atoms with Crippen LogP contribution in [0.15, 0.2) is 54.6 Å². The zero-order valence-corrected chi connectivity index (χ0v) is 17.4. The zero-order valence-electron chi connectivity index (χ0n) is 17.4. The van der Waals surface area contributed by atoms with Crippen LogP contribution in [0.4, 0.5) is 10.5 Å². The topological polar surface area (TPSA) is 81.8 Å². The molecule has 158 valence electrons. The first kappa shape index (κ1) is 21.4. The maximum atomic E-state index is 12.5. The van der Waals surface area contributed by atoms with Crippen molar-refractivity contribution in [2.24, 2.45) is 0 Å². The molecule has 1 saturated heterocycles. The van der Waals surface area contributed by atoms with Crippen LogP contribution in [0.25, 0.3) is 0 Å². The van der Waals surface area contributed by atoms with Crippen LogP contribution < -0.4 is 10.6 Å². The summed E-state index contributed by atoms with van der Waals surface area (Å²) in [5.41, 5.74) is 1.84. The van der Waals surface area contributed by atoms with Gasteiger partial charge in [-0.05, 0) is 49.7 Å². The molecular weight excluding hydrogens is 380 g/mol. The van der Waals surface area contributed by atoms with Gasteiger partial charge in [-0.2, -0.15) is 0 Å². The Labute approximate surface area is 177 Å². The summed E-state index contributed by atoms with van der Waals surface area (Å²) in [6.45, 7) is 5.91. The molecule has 1 atom stereocenters. The monoisotopic (exact) mass is 408 g/mol. The van der Waals surface area contributed by atoms with Crippen molar-refractivity contribution >= 4 is 23.5 Å². The first-order valence-electron chi connectivity index (χ1n) is 10.3. The third-order valence-electron chi connectivity index (χ3n) is 5.26. The average Bonchev–Trinajstić information content (AvgIpc) is 2.79. The van der Waals surface area contributed by atoms with Gasteiger partial charge in [-0.3, -0.25) is 9.59 Å². The Morgan fingerprint density at radius 3 is 2.07 bits per heavy atom. The summed E-state index contributed by atoms with van der Waals surface area (Å²) < 4.78 is 0. The molecule has 1 unspecified atom stereocenters. The number of piperazine rings is 1. The molecule has 30 heavy (non-hydrogen) atoms. The largest absolute Gasteiger partial charge is 0.350 e. The molecule has 2 aromatic carbocycles. The molecule has 2 N–H and O–H groups in total. The quantitative estimate of drug-likeness (QED) is 0.797. The summed E-state index contributed by atoms with van der Waals surface area (Å²) in [4.78, 5) is 40.7. The summed E-state index contributed by atoms with van der Waals surface area (Å²) in [5, 5.41) is 5.77. The van der Waals surface area contributed by atoms with Crippen LogP contribution in [-0.4, -0.2) is 59.9 Å². The van der Waals surface area contributed by atoms with Crippen molar-refractivity contribution in [1.82, 2.24) is 15.1 Å². The molecule has 0 bridgehead atoms. The molecule has 1 heterocycles. The van der Waals surface area contributed by atoms with E-state index in [9.17, 15) is 14.4 Å². The van der Waals surface area contributed by atoms with Crippen LogP contribution >= 0.6 is 0 Å². The molecule has 7 nitrogen and oxygen atoms in total. The van der Waals surface area contributed by atoms with E-state index in [2.05, 4.69) is 10.6 Å². The number of carbonyl (C=O) groups is 3. The fourth-order valence-electron chi connectivity index (χ4n) is 3.19. The fraction of sp³-hybridized carbons (Fsp3) is 0.348. The van der Waals surface area contributed by atoms with Gasteiger partial charge in [0.1, 0.15) is 0 Å². The first-order valence-corrected chi connectivity index (χ1v) is 10.3. The van der Waals surface area contributed by atoms with Crippen molar-refractivity contribution in [1.29, 1.82) is 0 Å². The van der Waals surface area contributed by atoms with Crippen LogP contribution in [0.2, 0.25) is 0 Å². The number of nitrogens with one attached hydrogen (secondary N) is 2. The maximum absolute atomic E-state index is 12.5. The Morgan fingerprint density at radius 2 is 1.47 bits per heavy atom. The Balaban J connectivity index is 1.50. The minimum atomic E-state index is -0.210. The smallest absolute Gasteiger partial charge is 0.321 e. The SMILES string of the molecule is CCC(C)NC(=O)c1ccc(NC(=O)N2CCN(C(=O)c3ccccc3)CC2)cc1. The number of anilines is 1. The van der Waals surface area contributed by atoms with Gasteiger partial charge >= 0.3 is 6.03 Å². The summed E-state index contributed by atoms with van der Waals surface area (Å²) in [6, 6.07) is 15.9. The molecule has 1 aliphatic heterocycles. The van der Waals surface area contributed by atoms with E-state index in [1.165, 1.54) is 0 Å². The standard InChI is InChI=1S/C23H28N4O3/c1-3-17(2)24-21(28)18-9-11-20(12-10-18)25-23(30)27-15-13-26(14-16-27)22(29)19-7-5-4-6-8-19/h4-12,17H,3,13-16H2,1-2H3,(H,24,28)(H,25,30). The van der Waals surface area contributed by atoms with Gasteiger partial charge in [0.15, 0.2) is 0 Å². The van der Waals surface area contributed by atoms with E-state index in [1.807, 2.05) is 32.0 Å². The van der Waals surface area contributed by atoms with E-state index >= 15 is 0 Å².